The summed E-state index contributed by atoms with van der Waals surface area (Å²) in [5, 5.41) is 35.8. The van der Waals surface area contributed by atoms with Gasteiger partial charge >= 0.3 is 0 Å². The number of fused-ring (bicyclic) bond motifs is 9. The maximum absolute atomic E-state index is 5.51. The van der Waals surface area contributed by atoms with Gasteiger partial charge in [0.25, 0.3) is 0 Å². The quantitative estimate of drug-likeness (QED) is 0.159. The molecular formula is C46H25N7O3. The van der Waals surface area contributed by atoms with Gasteiger partial charge in [0.1, 0.15) is 16.6 Å². The Balaban J connectivity index is 1.05. The molecule has 0 aliphatic rings. The van der Waals surface area contributed by atoms with Crippen LogP contribution in [0.3, 0.4) is 0 Å². The number of rotatable bonds is 5. The highest BCUT2D eigenvalue weighted by Crippen LogP contribution is 2.46. The first-order chi connectivity index (χ1) is 27.8. The van der Waals surface area contributed by atoms with Crippen molar-refractivity contribution in [1.82, 2.24) is 30.9 Å². The lowest BCUT2D eigenvalue weighted by Crippen LogP contribution is -2.12. The van der Waals surface area contributed by atoms with Crippen LogP contribution in [0.2, 0.25) is 0 Å². The predicted octanol–water partition coefficient (Wildman–Crippen LogP) is 11.7. The Kier molecular flexibility index (Phi) is 6.40. The first-order valence-corrected chi connectivity index (χ1v) is 18.1. The van der Waals surface area contributed by atoms with Crippen LogP contribution in [0.25, 0.3) is 98.4 Å². The van der Waals surface area contributed by atoms with Gasteiger partial charge in [-0.3, -0.25) is 0 Å². The Morgan fingerprint density at radius 2 is 0.821 bits per heavy atom. The molecule has 12 aromatic rings. The molecular weight excluding hydrogens is 699 g/mol. The molecule has 10 nitrogen and oxygen atoms in total. The standard InChI is InChI=1S/C46H25N7O3/c1-3-8-32-26(6-1)14-16-29-24-30(18-19-34(29)32)35-20-22-40(45-42(35)48-55-51-45)53(39-11-5-10-38-44(39)50-54-47-38)41-23-21-36(43-46(41)52-56-49-43)31-17-15-28-13-12-27-7-2-4-9-33(27)37(28)25-31/h1-25H. The first kappa shape index (κ1) is 30.5. The molecule has 0 spiro atoms. The molecule has 9 aromatic carbocycles. The van der Waals surface area contributed by atoms with Gasteiger partial charge in [-0.2, -0.15) is 0 Å². The summed E-state index contributed by atoms with van der Waals surface area (Å²) in [7, 11) is 0. The number of anilines is 3. The minimum absolute atomic E-state index is 0.546. The Bertz CT molecular complexity index is 3530. The first-order valence-electron chi connectivity index (χ1n) is 18.1. The highest BCUT2D eigenvalue weighted by Gasteiger charge is 2.27. The van der Waals surface area contributed by atoms with Crippen molar-refractivity contribution >= 4 is 93.3 Å². The summed E-state index contributed by atoms with van der Waals surface area (Å²) in [4.78, 5) is 2.01. The number of hydrogen-bond acceptors (Lipinski definition) is 10. The predicted molar refractivity (Wildman–Crippen MR) is 218 cm³/mol. The minimum atomic E-state index is 0.546. The number of nitrogens with zero attached hydrogens (tertiary/aromatic N) is 7. The van der Waals surface area contributed by atoms with E-state index in [9.17, 15) is 0 Å². The third-order valence-corrected chi connectivity index (χ3v) is 10.9. The van der Waals surface area contributed by atoms with E-state index >= 15 is 0 Å². The second-order valence-electron chi connectivity index (χ2n) is 13.9. The summed E-state index contributed by atoms with van der Waals surface area (Å²) < 4.78 is 16.2. The highest BCUT2D eigenvalue weighted by atomic mass is 16.6. The Hall–Kier alpha value is -7.98. The average molecular weight is 724 g/mol. The van der Waals surface area contributed by atoms with E-state index in [1.54, 1.807) is 0 Å². The number of benzene rings is 9. The van der Waals surface area contributed by atoms with Crippen molar-refractivity contribution < 1.29 is 13.9 Å². The van der Waals surface area contributed by atoms with Gasteiger partial charge in [0, 0.05) is 11.1 Å². The third-order valence-electron chi connectivity index (χ3n) is 10.9. The smallest absolute Gasteiger partial charge is 0.159 e. The Morgan fingerprint density at radius 1 is 0.321 bits per heavy atom. The molecule has 0 saturated heterocycles. The Morgan fingerprint density at radius 3 is 1.54 bits per heavy atom. The largest absolute Gasteiger partial charge is 0.303 e. The SMILES string of the molecule is c1ccc2c(c1)ccc1cc(-c3ccc(N(c4cccc5nonc45)c4ccc(-c5ccc6ccc7ccccc7c6c5)c5nonc45)c4nonc34)ccc12. The van der Waals surface area contributed by atoms with Gasteiger partial charge < -0.3 is 4.90 Å². The van der Waals surface area contributed by atoms with Gasteiger partial charge in [-0.1, -0.05) is 103 Å². The van der Waals surface area contributed by atoms with E-state index in [-0.39, 0.29) is 0 Å². The average Bonchev–Trinajstić information content (AvgIpc) is 4.06. The van der Waals surface area contributed by atoms with E-state index in [2.05, 4.69) is 140 Å². The summed E-state index contributed by atoms with van der Waals surface area (Å²) in [6.45, 7) is 0. The van der Waals surface area contributed by atoms with Crippen molar-refractivity contribution in [3.05, 3.63) is 152 Å². The van der Waals surface area contributed by atoms with Crippen molar-refractivity contribution in [2.45, 2.75) is 0 Å². The van der Waals surface area contributed by atoms with E-state index in [4.69, 9.17) is 13.9 Å². The third kappa shape index (κ3) is 4.50. The zero-order chi connectivity index (χ0) is 36.7. The van der Waals surface area contributed by atoms with Crippen molar-refractivity contribution in [3.8, 4) is 22.3 Å². The molecule has 0 bridgehead atoms. The molecule has 0 saturated carbocycles. The lowest BCUT2D eigenvalue weighted by molar-refractivity contribution is 0.315. The van der Waals surface area contributed by atoms with E-state index < -0.39 is 0 Å². The summed E-state index contributed by atoms with van der Waals surface area (Å²) in [6.07, 6.45) is 0. The van der Waals surface area contributed by atoms with E-state index in [1.807, 2.05) is 47.4 Å². The molecule has 0 amide bonds. The lowest BCUT2D eigenvalue weighted by atomic mass is 9.96. The van der Waals surface area contributed by atoms with Crippen LogP contribution in [-0.2, 0) is 0 Å². The zero-order valence-corrected chi connectivity index (χ0v) is 29.3. The molecule has 12 rings (SSSR count). The molecule has 0 aliphatic heterocycles. The van der Waals surface area contributed by atoms with Crippen molar-refractivity contribution in [3.63, 3.8) is 0 Å². The van der Waals surface area contributed by atoms with Gasteiger partial charge in [0.05, 0.1) is 17.1 Å². The van der Waals surface area contributed by atoms with Crippen molar-refractivity contribution in [2.24, 2.45) is 0 Å². The highest BCUT2D eigenvalue weighted by molar-refractivity contribution is 6.13. The molecule has 3 heterocycles. The molecule has 0 fully saturated rings. The van der Waals surface area contributed by atoms with E-state index in [0.717, 1.165) is 38.4 Å². The van der Waals surface area contributed by atoms with Crippen LogP contribution in [0.4, 0.5) is 17.1 Å². The molecule has 10 heteroatoms. The topological polar surface area (TPSA) is 120 Å². The van der Waals surface area contributed by atoms with Crippen LogP contribution in [0, 0.1) is 0 Å². The van der Waals surface area contributed by atoms with Gasteiger partial charge in [-0.05, 0) is 134 Å². The molecule has 3 aromatic heterocycles. The van der Waals surface area contributed by atoms with Crippen LogP contribution < -0.4 is 4.90 Å². The van der Waals surface area contributed by atoms with Crippen molar-refractivity contribution in [2.75, 3.05) is 4.90 Å². The van der Waals surface area contributed by atoms with Crippen LogP contribution in [-0.4, -0.2) is 30.9 Å². The fourth-order valence-electron chi connectivity index (χ4n) is 8.25. The summed E-state index contributed by atoms with van der Waals surface area (Å²) in [6, 6.07) is 52.2. The summed E-state index contributed by atoms with van der Waals surface area (Å²) >= 11 is 0. The fourth-order valence-corrected chi connectivity index (χ4v) is 8.25. The normalized spacial score (nSPS) is 11.9. The number of aromatic nitrogens is 6. The molecule has 0 radical (unpaired) electrons. The van der Waals surface area contributed by atoms with Gasteiger partial charge in [-0.15, -0.1) is 0 Å². The molecule has 0 unspecified atom stereocenters. The molecule has 0 aliphatic carbocycles. The van der Waals surface area contributed by atoms with E-state index in [0.29, 0.717) is 50.2 Å². The lowest BCUT2D eigenvalue weighted by Gasteiger charge is -2.25. The number of hydrogen-bond donors (Lipinski definition) is 0. The maximum Gasteiger partial charge on any atom is 0.159 e. The Labute approximate surface area is 316 Å². The van der Waals surface area contributed by atoms with Gasteiger partial charge in [0.2, 0.25) is 0 Å². The minimum Gasteiger partial charge on any atom is -0.303 e. The van der Waals surface area contributed by atoms with Crippen LogP contribution >= 0.6 is 0 Å². The maximum atomic E-state index is 5.51. The monoisotopic (exact) mass is 723 g/mol. The van der Waals surface area contributed by atoms with Crippen LogP contribution in [0.1, 0.15) is 0 Å². The van der Waals surface area contributed by atoms with Crippen LogP contribution in [0.5, 0.6) is 0 Å². The molecule has 0 atom stereocenters. The molecule has 262 valence electrons. The summed E-state index contributed by atoms with van der Waals surface area (Å²) in [5.41, 5.74) is 9.25. The van der Waals surface area contributed by atoms with Gasteiger partial charge in [0.15, 0.2) is 16.6 Å². The van der Waals surface area contributed by atoms with Crippen LogP contribution in [0.15, 0.2) is 166 Å². The second kappa shape index (κ2) is 11.8. The van der Waals surface area contributed by atoms with E-state index in [1.165, 1.54) is 26.9 Å². The molecule has 0 N–H and O–H groups in total. The summed E-state index contributed by atoms with van der Waals surface area (Å²) in [5.74, 6) is 0. The van der Waals surface area contributed by atoms with Gasteiger partial charge in [-0.25, -0.2) is 13.9 Å². The zero-order valence-electron chi connectivity index (χ0n) is 29.3. The fraction of sp³-hybridized carbons (Fsp3) is 0. The van der Waals surface area contributed by atoms with Crippen molar-refractivity contribution in [1.29, 1.82) is 0 Å². The second-order valence-corrected chi connectivity index (χ2v) is 13.9. The molecule has 56 heavy (non-hydrogen) atoms.